The fourth-order valence-corrected chi connectivity index (χ4v) is 2.71. The Balaban J connectivity index is 2.65. The molecule has 1 aromatic rings. The van der Waals surface area contributed by atoms with E-state index in [1.807, 2.05) is 44.2 Å². The molecule has 5 nitrogen and oxygen atoms in total. The molecule has 0 saturated carbocycles. The summed E-state index contributed by atoms with van der Waals surface area (Å²) in [6, 6.07) is 9.39. The Morgan fingerprint density at radius 1 is 1.20 bits per heavy atom. The zero-order valence-corrected chi connectivity index (χ0v) is 12.8. The third-order valence-corrected chi connectivity index (χ3v) is 3.71. The van der Waals surface area contributed by atoms with Crippen molar-refractivity contribution in [1.29, 1.82) is 0 Å². The summed E-state index contributed by atoms with van der Waals surface area (Å²) in [5.74, 6) is -0.395. The average molecular weight is 301 g/mol. The zero-order chi connectivity index (χ0) is 15.0. The van der Waals surface area contributed by atoms with Crippen molar-refractivity contribution in [1.82, 2.24) is 0 Å². The van der Waals surface area contributed by atoms with Gasteiger partial charge in [0.25, 0.3) is 0 Å². The summed E-state index contributed by atoms with van der Waals surface area (Å²) < 4.78 is 33.6. The molecule has 1 rings (SSSR count). The van der Waals surface area contributed by atoms with Crippen LogP contribution in [0.1, 0.15) is 25.3 Å². The van der Waals surface area contributed by atoms with Crippen LogP contribution < -0.4 is 5.14 Å². The molecule has 2 unspecified atom stereocenters. The smallest absolute Gasteiger partial charge is 0.209 e. The molecule has 0 amide bonds. The molecule has 0 aromatic heterocycles. The number of sulfonamides is 1. The molecule has 0 radical (unpaired) electrons. The van der Waals surface area contributed by atoms with Crippen molar-refractivity contribution >= 4 is 10.0 Å². The van der Waals surface area contributed by atoms with Gasteiger partial charge in [-0.1, -0.05) is 30.3 Å². The zero-order valence-electron chi connectivity index (χ0n) is 12.0. The van der Waals surface area contributed by atoms with Gasteiger partial charge in [-0.15, -0.1) is 0 Å². The minimum atomic E-state index is -3.55. The van der Waals surface area contributed by atoms with E-state index in [4.69, 9.17) is 14.6 Å². The first-order valence-electron chi connectivity index (χ1n) is 6.67. The maximum absolute atomic E-state index is 11.3. The number of hydrogen-bond acceptors (Lipinski definition) is 4. The Hall–Kier alpha value is -0.950. The lowest BCUT2D eigenvalue weighted by molar-refractivity contribution is -0.00719. The standard InChI is InChI=1S/C14H23NO4S/c1-3-18-9-12(2)19-10-14(11-20(15,16)17)13-7-5-4-6-8-13/h4-8,12,14H,3,9-11H2,1-2H3,(H2,15,16,17). The molecule has 0 aliphatic heterocycles. The van der Waals surface area contributed by atoms with Crippen molar-refractivity contribution in [3.8, 4) is 0 Å². The summed E-state index contributed by atoms with van der Waals surface area (Å²) in [7, 11) is -3.55. The fraction of sp³-hybridized carbons (Fsp3) is 0.571. The minimum absolute atomic E-state index is 0.0818. The van der Waals surface area contributed by atoms with E-state index in [0.29, 0.717) is 19.8 Å². The Kier molecular flexibility index (Phi) is 7.15. The highest BCUT2D eigenvalue weighted by molar-refractivity contribution is 7.89. The molecule has 0 saturated heterocycles. The highest BCUT2D eigenvalue weighted by Gasteiger charge is 2.19. The van der Waals surface area contributed by atoms with Crippen molar-refractivity contribution < 1.29 is 17.9 Å². The fourth-order valence-electron chi connectivity index (χ4n) is 1.86. The summed E-state index contributed by atoms with van der Waals surface area (Å²) in [6.07, 6.45) is -0.0818. The van der Waals surface area contributed by atoms with E-state index in [0.717, 1.165) is 5.56 Å². The average Bonchev–Trinajstić information content (AvgIpc) is 2.41. The second-order valence-corrected chi connectivity index (χ2v) is 6.40. The van der Waals surface area contributed by atoms with Crippen LogP contribution in [0.2, 0.25) is 0 Å². The van der Waals surface area contributed by atoms with Gasteiger partial charge in [0, 0.05) is 12.5 Å². The number of ether oxygens (including phenoxy) is 2. The molecule has 20 heavy (non-hydrogen) atoms. The third kappa shape index (κ3) is 7.00. The molecule has 6 heteroatoms. The van der Waals surface area contributed by atoms with Gasteiger partial charge in [-0.3, -0.25) is 0 Å². The highest BCUT2D eigenvalue weighted by Crippen LogP contribution is 2.18. The second kappa shape index (κ2) is 8.36. The van der Waals surface area contributed by atoms with E-state index < -0.39 is 10.0 Å². The predicted molar refractivity (Wildman–Crippen MR) is 79.1 cm³/mol. The SMILES string of the molecule is CCOCC(C)OCC(CS(N)(=O)=O)c1ccccc1. The van der Waals surface area contributed by atoms with Crippen LogP contribution in [0.25, 0.3) is 0 Å². The number of nitrogens with two attached hydrogens (primary N) is 1. The lowest BCUT2D eigenvalue weighted by Gasteiger charge is -2.20. The molecular formula is C14H23NO4S. The number of benzene rings is 1. The monoisotopic (exact) mass is 301 g/mol. The Labute approximate surface area is 121 Å². The van der Waals surface area contributed by atoms with Crippen molar-refractivity contribution in [2.24, 2.45) is 5.14 Å². The van der Waals surface area contributed by atoms with Crippen molar-refractivity contribution in [2.45, 2.75) is 25.9 Å². The third-order valence-electron chi connectivity index (χ3n) is 2.84. The van der Waals surface area contributed by atoms with E-state index in [-0.39, 0.29) is 17.8 Å². The van der Waals surface area contributed by atoms with E-state index in [1.165, 1.54) is 0 Å². The van der Waals surface area contributed by atoms with Gasteiger partial charge in [0.1, 0.15) is 0 Å². The van der Waals surface area contributed by atoms with E-state index in [9.17, 15) is 8.42 Å². The van der Waals surface area contributed by atoms with Gasteiger partial charge in [0.2, 0.25) is 10.0 Å². The Bertz CT molecular complexity index is 475. The van der Waals surface area contributed by atoms with Crippen LogP contribution in [0.5, 0.6) is 0 Å². The van der Waals surface area contributed by atoms with Crippen LogP contribution in [-0.2, 0) is 19.5 Å². The van der Waals surface area contributed by atoms with Gasteiger partial charge in [-0.2, -0.15) is 0 Å². The van der Waals surface area contributed by atoms with Gasteiger partial charge >= 0.3 is 0 Å². The predicted octanol–water partition coefficient (Wildman–Crippen LogP) is 1.50. The molecule has 0 heterocycles. The summed E-state index contributed by atoms with van der Waals surface area (Å²) >= 11 is 0. The lowest BCUT2D eigenvalue weighted by atomic mass is 10.0. The molecule has 0 bridgehead atoms. The molecule has 114 valence electrons. The first-order valence-corrected chi connectivity index (χ1v) is 8.38. The van der Waals surface area contributed by atoms with Gasteiger partial charge in [-0.05, 0) is 19.4 Å². The normalized spacial score (nSPS) is 14.9. The molecular weight excluding hydrogens is 278 g/mol. The second-order valence-electron chi connectivity index (χ2n) is 4.74. The maximum Gasteiger partial charge on any atom is 0.209 e. The summed E-state index contributed by atoms with van der Waals surface area (Å²) in [6.45, 7) is 5.24. The largest absolute Gasteiger partial charge is 0.379 e. The molecule has 0 spiro atoms. The van der Waals surface area contributed by atoms with Gasteiger partial charge in [0.15, 0.2) is 0 Å². The van der Waals surface area contributed by atoms with Gasteiger partial charge in [-0.25, -0.2) is 13.6 Å². The quantitative estimate of drug-likeness (QED) is 0.749. The molecule has 1 aromatic carbocycles. The molecule has 2 atom stereocenters. The lowest BCUT2D eigenvalue weighted by Crippen LogP contribution is -2.27. The first kappa shape index (κ1) is 17.1. The summed E-state index contributed by atoms with van der Waals surface area (Å²) in [5.41, 5.74) is 0.908. The van der Waals surface area contributed by atoms with Gasteiger partial charge < -0.3 is 9.47 Å². The minimum Gasteiger partial charge on any atom is -0.379 e. The van der Waals surface area contributed by atoms with Crippen molar-refractivity contribution in [3.63, 3.8) is 0 Å². The first-order chi connectivity index (χ1) is 9.42. The van der Waals surface area contributed by atoms with Crippen LogP contribution in [0.15, 0.2) is 30.3 Å². The van der Waals surface area contributed by atoms with Crippen LogP contribution in [0, 0.1) is 0 Å². The van der Waals surface area contributed by atoms with E-state index >= 15 is 0 Å². The molecule has 2 N–H and O–H groups in total. The van der Waals surface area contributed by atoms with E-state index in [1.54, 1.807) is 0 Å². The van der Waals surface area contributed by atoms with Gasteiger partial charge in [0.05, 0.1) is 25.1 Å². The van der Waals surface area contributed by atoms with Crippen molar-refractivity contribution in [3.05, 3.63) is 35.9 Å². The van der Waals surface area contributed by atoms with E-state index in [2.05, 4.69) is 0 Å². The van der Waals surface area contributed by atoms with Crippen LogP contribution in [-0.4, -0.2) is 40.1 Å². The number of hydrogen-bond donors (Lipinski definition) is 1. The number of primary sulfonamides is 1. The molecule has 0 fully saturated rings. The van der Waals surface area contributed by atoms with Crippen LogP contribution in [0.4, 0.5) is 0 Å². The summed E-state index contributed by atoms with van der Waals surface area (Å²) in [4.78, 5) is 0. The topological polar surface area (TPSA) is 78.6 Å². The van der Waals surface area contributed by atoms with Crippen LogP contribution in [0.3, 0.4) is 0 Å². The molecule has 0 aliphatic carbocycles. The Morgan fingerprint density at radius 2 is 1.85 bits per heavy atom. The number of rotatable bonds is 9. The Morgan fingerprint density at radius 3 is 2.40 bits per heavy atom. The van der Waals surface area contributed by atoms with Crippen molar-refractivity contribution in [2.75, 3.05) is 25.6 Å². The summed E-state index contributed by atoms with van der Waals surface area (Å²) in [5, 5.41) is 5.15. The highest BCUT2D eigenvalue weighted by atomic mass is 32.2. The van der Waals surface area contributed by atoms with Crippen LogP contribution >= 0.6 is 0 Å². The maximum atomic E-state index is 11.3. The molecule has 0 aliphatic rings.